The van der Waals surface area contributed by atoms with E-state index in [1.165, 1.54) is 23.4 Å². The van der Waals surface area contributed by atoms with Gasteiger partial charge in [0.25, 0.3) is 0 Å². The SMILES string of the molecule is CCCCC(CC)CNC(=O)CCCN(c1ccccc1CC)S(C)(=O)=O. The molecule has 0 spiro atoms. The lowest BCUT2D eigenvalue weighted by atomic mass is 9.99. The molecule has 27 heavy (non-hydrogen) atoms. The van der Waals surface area contributed by atoms with Gasteiger partial charge in [-0.15, -0.1) is 0 Å². The highest BCUT2D eigenvalue weighted by molar-refractivity contribution is 7.92. The second-order valence-corrected chi connectivity index (χ2v) is 9.05. The van der Waals surface area contributed by atoms with E-state index in [0.717, 1.165) is 24.8 Å². The molecular formula is C21H36N2O3S. The normalized spacial score (nSPS) is 12.6. The zero-order valence-corrected chi connectivity index (χ0v) is 18.1. The van der Waals surface area contributed by atoms with Gasteiger partial charge in [-0.25, -0.2) is 8.42 Å². The molecule has 0 fully saturated rings. The zero-order valence-electron chi connectivity index (χ0n) is 17.3. The molecule has 0 saturated carbocycles. The van der Waals surface area contributed by atoms with Crippen LogP contribution in [0.2, 0.25) is 0 Å². The summed E-state index contributed by atoms with van der Waals surface area (Å²) in [5.74, 6) is 0.528. The Morgan fingerprint density at radius 3 is 2.44 bits per heavy atom. The average Bonchev–Trinajstić information content (AvgIpc) is 2.64. The van der Waals surface area contributed by atoms with Crippen molar-refractivity contribution in [2.45, 2.75) is 65.7 Å². The van der Waals surface area contributed by atoms with E-state index in [1.807, 2.05) is 31.2 Å². The molecular weight excluding hydrogens is 360 g/mol. The Bertz CT molecular complexity index is 674. The number of amides is 1. The van der Waals surface area contributed by atoms with Crippen molar-refractivity contribution in [2.24, 2.45) is 5.92 Å². The van der Waals surface area contributed by atoms with Crippen LogP contribution >= 0.6 is 0 Å². The van der Waals surface area contributed by atoms with Crippen molar-refractivity contribution >= 4 is 21.6 Å². The second-order valence-electron chi connectivity index (χ2n) is 7.14. The van der Waals surface area contributed by atoms with Crippen LogP contribution in [0.25, 0.3) is 0 Å². The summed E-state index contributed by atoms with van der Waals surface area (Å²) in [4.78, 5) is 12.1. The lowest BCUT2D eigenvalue weighted by Gasteiger charge is -2.24. The highest BCUT2D eigenvalue weighted by Gasteiger charge is 2.19. The van der Waals surface area contributed by atoms with Gasteiger partial charge in [0.1, 0.15) is 0 Å². The van der Waals surface area contributed by atoms with E-state index in [1.54, 1.807) is 0 Å². The largest absolute Gasteiger partial charge is 0.356 e. The lowest BCUT2D eigenvalue weighted by Crippen LogP contribution is -2.33. The molecule has 0 radical (unpaired) electrons. The molecule has 0 bridgehead atoms. The van der Waals surface area contributed by atoms with Gasteiger partial charge < -0.3 is 5.32 Å². The number of carbonyl (C=O) groups excluding carboxylic acids is 1. The Hall–Kier alpha value is -1.56. The molecule has 1 aromatic carbocycles. The van der Waals surface area contributed by atoms with E-state index in [-0.39, 0.29) is 5.91 Å². The maximum absolute atomic E-state index is 12.3. The third kappa shape index (κ3) is 8.33. The van der Waals surface area contributed by atoms with Crippen molar-refractivity contribution < 1.29 is 13.2 Å². The van der Waals surface area contributed by atoms with E-state index in [4.69, 9.17) is 0 Å². The number of nitrogens with zero attached hydrogens (tertiary/aromatic N) is 1. The molecule has 0 heterocycles. The number of nitrogens with one attached hydrogen (secondary N) is 1. The fourth-order valence-corrected chi connectivity index (χ4v) is 4.19. The first-order chi connectivity index (χ1) is 12.8. The number of unbranched alkanes of at least 4 members (excludes halogenated alkanes) is 1. The highest BCUT2D eigenvalue weighted by Crippen LogP contribution is 2.23. The summed E-state index contributed by atoms with van der Waals surface area (Å²) >= 11 is 0. The van der Waals surface area contributed by atoms with Gasteiger partial charge in [-0.1, -0.05) is 58.2 Å². The number of hydrogen-bond acceptors (Lipinski definition) is 3. The minimum absolute atomic E-state index is 0.00201. The number of para-hydroxylation sites is 1. The Morgan fingerprint density at radius 2 is 1.85 bits per heavy atom. The van der Waals surface area contributed by atoms with Crippen LogP contribution in [0.15, 0.2) is 24.3 Å². The van der Waals surface area contributed by atoms with Gasteiger partial charge in [0.15, 0.2) is 0 Å². The van der Waals surface area contributed by atoms with Crippen molar-refractivity contribution in [1.82, 2.24) is 5.32 Å². The standard InChI is InChI=1S/C21H36N2O3S/c1-5-8-12-18(6-2)17-22-21(24)15-11-16-23(27(4,25)26)20-14-10-9-13-19(20)7-3/h9-10,13-14,18H,5-8,11-12,15-17H2,1-4H3,(H,22,24). The minimum Gasteiger partial charge on any atom is -0.356 e. The Morgan fingerprint density at radius 1 is 1.15 bits per heavy atom. The van der Waals surface area contributed by atoms with Crippen LogP contribution in [0, 0.1) is 5.92 Å². The number of benzene rings is 1. The van der Waals surface area contributed by atoms with Gasteiger partial charge in [-0.05, 0) is 36.8 Å². The zero-order chi connectivity index (χ0) is 20.3. The molecule has 154 valence electrons. The number of carbonyl (C=O) groups is 1. The van der Waals surface area contributed by atoms with Gasteiger partial charge in [0.05, 0.1) is 11.9 Å². The van der Waals surface area contributed by atoms with Crippen LogP contribution in [-0.4, -0.2) is 33.7 Å². The van der Waals surface area contributed by atoms with E-state index < -0.39 is 10.0 Å². The summed E-state index contributed by atoms with van der Waals surface area (Å²) in [7, 11) is -3.39. The number of sulfonamides is 1. The van der Waals surface area contributed by atoms with Crippen molar-refractivity contribution in [3.63, 3.8) is 0 Å². The molecule has 0 aromatic heterocycles. The van der Waals surface area contributed by atoms with E-state index >= 15 is 0 Å². The van der Waals surface area contributed by atoms with Crippen LogP contribution in [0.1, 0.15) is 64.9 Å². The maximum Gasteiger partial charge on any atom is 0.232 e. The number of aryl methyl sites for hydroxylation is 1. The Balaban J connectivity index is 2.59. The van der Waals surface area contributed by atoms with Crippen molar-refractivity contribution in [3.05, 3.63) is 29.8 Å². The fourth-order valence-electron chi connectivity index (χ4n) is 3.19. The summed E-state index contributed by atoms with van der Waals surface area (Å²) in [6, 6.07) is 7.54. The Labute approximate surface area is 165 Å². The summed E-state index contributed by atoms with van der Waals surface area (Å²) in [5.41, 5.74) is 1.71. The highest BCUT2D eigenvalue weighted by atomic mass is 32.2. The first kappa shape index (κ1) is 23.5. The maximum atomic E-state index is 12.3. The van der Waals surface area contributed by atoms with Gasteiger partial charge in [-0.3, -0.25) is 9.10 Å². The van der Waals surface area contributed by atoms with Crippen LogP contribution in [0.4, 0.5) is 5.69 Å². The predicted octanol–water partition coefficient (Wildman–Crippen LogP) is 4.13. The van der Waals surface area contributed by atoms with Gasteiger partial charge >= 0.3 is 0 Å². The third-order valence-corrected chi connectivity index (χ3v) is 6.12. The summed E-state index contributed by atoms with van der Waals surface area (Å²) < 4.78 is 25.9. The molecule has 0 aliphatic carbocycles. The smallest absolute Gasteiger partial charge is 0.232 e. The van der Waals surface area contributed by atoms with Crippen LogP contribution in [0.5, 0.6) is 0 Å². The topological polar surface area (TPSA) is 66.5 Å². The van der Waals surface area contributed by atoms with Gasteiger partial charge in [0.2, 0.25) is 15.9 Å². The predicted molar refractivity (Wildman–Crippen MR) is 114 cm³/mol. The average molecular weight is 397 g/mol. The van der Waals surface area contributed by atoms with Crippen molar-refractivity contribution in [2.75, 3.05) is 23.7 Å². The minimum atomic E-state index is -3.39. The number of rotatable bonds is 13. The Kier molecular flexibility index (Phi) is 10.4. The monoisotopic (exact) mass is 396 g/mol. The van der Waals surface area contributed by atoms with E-state index in [9.17, 15) is 13.2 Å². The summed E-state index contributed by atoms with van der Waals surface area (Å²) in [6.45, 7) is 7.37. The molecule has 1 atom stereocenters. The summed E-state index contributed by atoms with van der Waals surface area (Å²) in [5, 5.41) is 3.01. The van der Waals surface area contributed by atoms with E-state index in [0.29, 0.717) is 37.5 Å². The summed E-state index contributed by atoms with van der Waals surface area (Å²) in [6.07, 6.45) is 7.39. The lowest BCUT2D eigenvalue weighted by molar-refractivity contribution is -0.121. The quantitative estimate of drug-likeness (QED) is 0.545. The van der Waals surface area contributed by atoms with Crippen molar-refractivity contribution in [1.29, 1.82) is 0 Å². The second kappa shape index (κ2) is 12.0. The third-order valence-electron chi connectivity index (χ3n) is 4.94. The first-order valence-electron chi connectivity index (χ1n) is 10.2. The van der Waals surface area contributed by atoms with Gasteiger partial charge in [-0.2, -0.15) is 0 Å². The molecule has 0 aliphatic heterocycles. The number of anilines is 1. The van der Waals surface area contributed by atoms with Crippen LogP contribution in [0.3, 0.4) is 0 Å². The molecule has 0 saturated heterocycles. The molecule has 1 aromatic rings. The van der Waals surface area contributed by atoms with Crippen LogP contribution in [-0.2, 0) is 21.2 Å². The molecule has 0 aliphatic rings. The molecule has 1 unspecified atom stereocenters. The first-order valence-corrected chi connectivity index (χ1v) is 12.0. The fraction of sp³-hybridized carbons (Fsp3) is 0.667. The molecule has 6 heteroatoms. The van der Waals surface area contributed by atoms with Crippen LogP contribution < -0.4 is 9.62 Å². The van der Waals surface area contributed by atoms with E-state index in [2.05, 4.69) is 19.2 Å². The molecule has 1 N–H and O–H groups in total. The van der Waals surface area contributed by atoms with Gasteiger partial charge in [0, 0.05) is 19.5 Å². The molecule has 5 nitrogen and oxygen atoms in total. The number of hydrogen-bond donors (Lipinski definition) is 1. The molecule has 1 rings (SSSR count). The molecule has 1 amide bonds. The van der Waals surface area contributed by atoms with Crippen molar-refractivity contribution in [3.8, 4) is 0 Å².